The number of oxazole rings is 1. The summed E-state index contributed by atoms with van der Waals surface area (Å²) in [7, 11) is -3.96. The molecule has 4 aromatic rings. The smallest absolute Gasteiger partial charge is 0.234 e. The van der Waals surface area contributed by atoms with Crippen molar-refractivity contribution in [1.82, 2.24) is 4.98 Å². The summed E-state index contributed by atoms with van der Waals surface area (Å²) < 4.78 is 32.5. The van der Waals surface area contributed by atoms with Crippen LogP contribution >= 0.6 is 23.2 Å². The molecule has 0 spiro atoms. The largest absolute Gasteiger partial charge is 0.419 e. The maximum absolute atomic E-state index is 13.3. The first-order valence-electron chi connectivity index (χ1n) is 9.40. The molecule has 1 N–H and O–H groups in total. The molecule has 5 nitrogen and oxygen atoms in total. The highest BCUT2D eigenvalue weighted by atomic mass is 35.5. The normalized spacial score (nSPS) is 11.5. The van der Waals surface area contributed by atoms with Gasteiger partial charge in [-0.15, -0.1) is 0 Å². The van der Waals surface area contributed by atoms with E-state index in [-0.39, 0.29) is 28.2 Å². The van der Waals surface area contributed by atoms with Crippen molar-refractivity contribution in [2.75, 3.05) is 5.32 Å². The maximum Gasteiger partial charge on any atom is 0.234 e. The van der Waals surface area contributed by atoms with Crippen molar-refractivity contribution in [1.29, 1.82) is 0 Å². The maximum atomic E-state index is 13.3. The molecular weight excluding hydrogens is 455 g/mol. The molecule has 0 atom stereocenters. The highest BCUT2D eigenvalue weighted by Gasteiger charge is 2.28. The van der Waals surface area contributed by atoms with Gasteiger partial charge in [0, 0.05) is 22.2 Å². The summed E-state index contributed by atoms with van der Waals surface area (Å²) in [6.45, 7) is 2.21. The average Bonchev–Trinajstić information content (AvgIpc) is 3.19. The lowest BCUT2D eigenvalue weighted by Gasteiger charge is -2.07. The van der Waals surface area contributed by atoms with Crippen molar-refractivity contribution in [3.8, 4) is 11.5 Å². The number of sulfone groups is 1. The summed E-state index contributed by atoms with van der Waals surface area (Å²) >= 11 is 12.1. The van der Waals surface area contributed by atoms with Gasteiger partial charge in [-0.05, 0) is 55.0 Å². The van der Waals surface area contributed by atoms with Gasteiger partial charge >= 0.3 is 0 Å². The SMILES string of the molecule is Cc1cccc(-c2nc(S(=O)(=O)c3ccc(Cl)cc3)c(NCc3ccccc3Cl)o2)c1. The van der Waals surface area contributed by atoms with Gasteiger partial charge in [-0.1, -0.05) is 59.1 Å². The molecule has 0 saturated carbocycles. The number of anilines is 1. The number of nitrogens with one attached hydrogen (secondary N) is 1. The van der Waals surface area contributed by atoms with Crippen LogP contribution in [0.15, 0.2) is 87.1 Å². The molecule has 4 rings (SSSR count). The molecule has 0 unspecified atom stereocenters. The van der Waals surface area contributed by atoms with E-state index in [2.05, 4.69) is 10.3 Å². The number of hydrogen-bond donors (Lipinski definition) is 1. The third-order valence-electron chi connectivity index (χ3n) is 4.64. The summed E-state index contributed by atoms with van der Waals surface area (Å²) in [5, 5.41) is 3.85. The van der Waals surface area contributed by atoms with Crippen LogP contribution in [0, 0.1) is 6.92 Å². The fourth-order valence-corrected chi connectivity index (χ4v) is 4.65. The Hall–Kier alpha value is -2.80. The molecular formula is C23H18Cl2N2O3S. The zero-order valence-electron chi connectivity index (χ0n) is 16.5. The summed E-state index contributed by atoms with van der Waals surface area (Å²) in [6.07, 6.45) is 0. The number of benzene rings is 3. The third kappa shape index (κ3) is 4.61. The van der Waals surface area contributed by atoms with Crippen molar-refractivity contribution >= 4 is 38.9 Å². The molecule has 0 bridgehead atoms. The van der Waals surface area contributed by atoms with Crippen LogP contribution < -0.4 is 5.32 Å². The predicted octanol–water partition coefficient (Wildman–Crippen LogP) is 6.40. The summed E-state index contributed by atoms with van der Waals surface area (Å²) in [4.78, 5) is 4.41. The van der Waals surface area contributed by atoms with Crippen molar-refractivity contribution in [2.45, 2.75) is 23.4 Å². The van der Waals surface area contributed by atoms with E-state index in [4.69, 9.17) is 27.6 Å². The van der Waals surface area contributed by atoms with Crippen molar-refractivity contribution in [3.05, 3.63) is 94.0 Å². The predicted molar refractivity (Wildman–Crippen MR) is 122 cm³/mol. The molecule has 8 heteroatoms. The molecule has 0 radical (unpaired) electrons. The number of hydrogen-bond acceptors (Lipinski definition) is 5. The zero-order chi connectivity index (χ0) is 22.0. The molecule has 1 heterocycles. The summed E-state index contributed by atoms with van der Waals surface area (Å²) in [5.74, 6) is 0.254. The van der Waals surface area contributed by atoms with Gasteiger partial charge in [0.15, 0.2) is 0 Å². The first-order valence-corrected chi connectivity index (χ1v) is 11.6. The van der Waals surface area contributed by atoms with E-state index < -0.39 is 9.84 Å². The topological polar surface area (TPSA) is 72.2 Å². The van der Waals surface area contributed by atoms with Crippen molar-refractivity contribution < 1.29 is 12.8 Å². The van der Waals surface area contributed by atoms with Gasteiger partial charge in [-0.25, -0.2) is 8.42 Å². The molecule has 0 aliphatic rings. The van der Waals surface area contributed by atoms with Crippen LogP contribution in [-0.2, 0) is 16.4 Å². The lowest BCUT2D eigenvalue weighted by molar-refractivity contribution is 0.576. The van der Waals surface area contributed by atoms with E-state index in [0.29, 0.717) is 15.6 Å². The Balaban J connectivity index is 1.78. The van der Waals surface area contributed by atoms with E-state index in [9.17, 15) is 8.42 Å². The van der Waals surface area contributed by atoms with Gasteiger partial charge < -0.3 is 9.73 Å². The second-order valence-corrected chi connectivity index (χ2v) is 9.63. The van der Waals surface area contributed by atoms with Gasteiger partial charge in [-0.2, -0.15) is 4.98 Å². The molecule has 158 valence electrons. The standard InChI is InChI=1S/C23H18Cl2N2O3S/c1-15-5-4-7-16(13-15)21-27-23(31(28,29)19-11-9-18(24)10-12-19)22(30-21)26-14-17-6-2-3-8-20(17)25/h2-13,26H,14H2,1H3. The highest BCUT2D eigenvalue weighted by molar-refractivity contribution is 7.91. The van der Waals surface area contributed by atoms with E-state index in [0.717, 1.165) is 11.1 Å². The summed E-state index contributed by atoms with van der Waals surface area (Å²) in [6, 6.07) is 20.7. The first-order chi connectivity index (χ1) is 14.8. The number of aryl methyl sites for hydroxylation is 1. The number of nitrogens with zero attached hydrogens (tertiary/aromatic N) is 1. The van der Waals surface area contributed by atoms with Crippen LogP contribution in [0.4, 0.5) is 5.88 Å². The van der Waals surface area contributed by atoms with Crippen LogP contribution in [0.1, 0.15) is 11.1 Å². The fourth-order valence-electron chi connectivity index (χ4n) is 3.04. The molecule has 1 aromatic heterocycles. The number of rotatable bonds is 6. The highest BCUT2D eigenvalue weighted by Crippen LogP contribution is 2.33. The Kier molecular flexibility index (Phi) is 6.05. The third-order valence-corrected chi connectivity index (χ3v) is 6.94. The Morgan fingerprint density at radius 1 is 0.968 bits per heavy atom. The Labute approximate surface area is 190 Å². The van der Waals surface area contributed by atoms with Crippen LogP contribution in [-0.4, -0.2) is 13.4 Å². The minimum Gasteiger partial charge on any atom is -0.419 e. The minimum absolute atomic E-state index is 0.0476. The molecule has 31 heavy (non-hydrogen) atoms. The van der Waals surface area contributed by atoms with Crippen LogP contribution in [0.25, 0.3) is 11.5 Å². The Bertz CT molecular complexity index is 1330. The molecule has 0 saturated heterocycles. The molecule has 3 aromatic carbocycles. The average molecular weight is 473 g/mol. The molecule has 0 aliphatic carbocycles. The fraction of sp³-hybridized carbons (Fsp3) is 0.0870. The van der Waals surface area contributed by atoms with E-state index in [1.54, 1.807) is 6.07 Å². The molecule has 0 amide bonds. The van der Waals surface area contributed by atoms with Gasteiger partial charge in [0.25, 0.3) is 0 Å². The monoisotopic (exact) mass is 472 g/mol. The molecule has 0 fully saturated rings. The number of halogens is 2. The first kappa shape index (κ1) is 21.4. The van der Waals surface area contributed by atoms with Crippen LogP contribution in [0.2, 0.25) is 10.0 Å². The lowest BCUT2D eigenvalue weighted by Crippen LogP contribution is -2.07. The lowest BCUT2D eigenvalue weighted by atomic mass is 10.1. The minimum atomic E-state index is -3.96. The van der Waals surface area contributed by atoms with E-state index >= 15 is 0 Å². The zero-order valence-corrected chi connectivity index (χ0v) is 18.8. The van der Waals surface area contributed by atoms with Gasteiger partial charge in [0.1, 0.15) is 0 Å². The second-order valence-electron chi connectivity index (χ2n) is 6.93. The van der Waals surface area contributed by atoms with Gasteiger partial charge in [-0.3, -0.25) is 0 Å². The summed E-state index contributed by atoms with van der Waals surface area (Å²) in [5.41, 5.74) is 2.48. The quantitative estimate of drug-likeness (QED) is 0.351. The van der Waals surface area contributed by atoms with E-state index in [1.165, 1.54) is 24.3 Å². The Morgan fingerprint density at radius 3 is 2.42 bits per heavy atom. The second kappa shape index (κ2) is 8.75. The van der Waals surface area contributed by atoms with Crippen molar-refractivity contribution in [2.24, 2.45) is 0 Å². The van der Waals surface area contributed by atoms with Crippen LogP contribution in [0.3, 0.4) is 0 Å². The van der Waals surface area contributed by atoms with Crippen molar-refractivity contribution in [3.63, 3.8) is 0 Å². The van der Waals surface area contributed by atoms with Gasteiger partial charge in [0.2, 0.25) is 26.6 Å². The number of aromatic nitrogens is 1. The Morgan fingerprint density at radius 2 is 1.71 bits per heavy atom. The molecule has 0 aliphatic heterocycles. The van der Waals surface area contributed by atoms with Gasteiger partial charge in [0.05, 0.1) is 4.90 Å². The van der Waals surface area contributed by atoms with Crippen LogP contribution in [0.5, 0.6) is 0 Å². The van der Waals surface area contributed by atoms with E-state index in [1.807, 2.05) is 49.4 Å².